The summed E-state index contributed by atoms with van der Waals surface area (Å²) in [6, 6.07) is 4.55. The molecule has 2 N–H and O–H groups in total. The Morgan fingerprint density at radius 3 is 2.60 bits per heavy atom. The van der Waals surface area contributed by atoms with Crippen molar-refractivity contribution in [2.75, 3.05) is 10.6 Å². The maximum Gasteiger partial charge on any atom is 0.353 e. The molecule has 1 heterocycles. The van der Waals surface area contributed by atoms with Crippen LogP contribution >= 0.6 is 15.9 Å². The van der Waals surface area contributed by atoms with Gasteiger partial charge in [-0.2, -0.15) is 0 Å². The third kappa shape index (κ3) is 4.22. The first-order valence-electron chi connectivity index (χ1n) is 8.02. The average molecular weight is 410 g/mol. The van der Waals surface area contributed by atoms with Gasteiger partial charge in [0.2, 0.25) is 11.6 Å². The van der Waals surface area contributed by atoms with Gasteiger partial charge in [-0.15, -0.1) is 0 Å². The Morgan fingerprint density at radius 1 is 1.20 bits per heavy atom. The molecule has 0 saturated heterocycles. The molecule has 3 rings (SSSR count). The summed E-state index contributed by atoms with van der Waals surface area (Å²) in [5.74, 6) is -0.421. The van der Waals surface area contributed by atoms with Gasteiger partial charge in [-0.25, -0.2) is 14.4 Å². The zero-order chi connectivity index (χ0) is 17.8. The van der Waals surface area contributed by atoms with E-state index in [0.29, 0.717) is 4.47 Å². The lowest BCUT2D eigenvalue weighted by Crippen LogP contribution is -2.23. The van der Waals surface area contributed by atoms with Crippen LogP contribution in [0.2, 0.25) is 0 Å². The monoisotopic (exact) mass is 409 g/mol. The van der Waals surface area contributed by atoms with Crippen LogP contribution in [0, 0.1) is 15.9 Å². The molecule has 0 bridgehead atoms. The van der Waals surface area contributed by atoms with Crippen LogP contribution in [0.5, 0.6) is 0 Å². The Bertz CT molecular complexity index is 783. The largest absolute Gasteiger partial charge is 0.361 e. The molecule has 132 valence electrons. The number of anilines is 3. The van der Waals surface area contributed by atoms with Crippen LogP contribution in [0.15, 0.2) is 29.0 Å². The van der Waals surface area contributed by atoms with E-state index >= 15 is 0 Å². The summed E-state index contributed by atoms with van der Waals surface area (Å²) in [5, 5.41) is 17.4. The first-order valence-corrected chi connectivity index (χ1v) is 8.82. The predicted molar refractivity (Wildman–Crippen MR) is 96.6 cm³/mol. The first kappa shape index (κ1) is 17.5. The maximum absolute atomic E-state index is 14.0. The fraction of sp³-hybridized carbons (Fsp3) is 0.375. The second kappa shape index (κ2) is 7.73. The number of rotatable bonds is 5. The van der Waals surface area contributed by atoms with Gasteiger partial charge < -0.3 is 10.6 Å². The lowest BCUT2D eigenvalue weighted by atomic mass is 9.95. The van der Waals surface area contributed by atoms with Crippen LogP contribution in [0.25, 0.3) is 0 Å². The minimum Gasteiger partial charge on any atom is -0.361 e. The molecule has 0 radical (unpaired) electrons. The Hall–Kier alpha value is -2.29. The topological polar surface area (TPSA) is 93.0 Å². The zero-order valence-corrected chi connectivity index (χ0v) is 14.9. The Labute approximate surface area is 152 Å². The number of nitrogens with zero attached hydrogens (tertiary/aromatic N) is 3. The molecule has 25 heavy (non-hydrogen) atoms. The second-order valence-corrected chi connectivity index (χ2v) is 6.82. The molecule has 0 spiro atoms. The van der Waals surface area contributed by atoms with Gasteiger partial charge in [-0.1, -0.05) is 35.2 Å². The van der Waals surface area contributed by atoms with Gasteiger partial charge in [0.05, 0.1) is 10.6 Å². The van der Waals surface area contributed by atoms with Crippen LogP contribution < -0.4 is 10.6 Å². The highest BCUT2D eigenvalue weighted by Gasteiger charge is 2.26. The summed E-state index contributed by atoms with van der Waals surface area (Å²) >= 11 is 3.17. The SMILES string of the molecule is O=[N+]([O-])c1c(Nc2ccc(Br)cc2F)ncnc1NC1CCCCC1. The van der Waals surface area contributed by atoms with Gasteiger partial charge >= 0.3 is 5.69 Å². The molecule has 0 unspecified atom stereocenters. The Balaban J connectivity index is 1.90. The third-order valence-corrected chi connectivity index (χ3v) is 4.63. The zero-order valence-electron chi connectivity index (χ0n) is 13.3. The van der Waals surface area contributed by atoms with E-state index < -0.39 is 10.7 Å². The van der Waals surface area contributed by atoms with Crippen molar-refractivity contribution in [1.29, 1.82) is 0 Å². The summed E-state index contributed by atoms with van der Waals surface area (Å²) in [7, 11) is 0. The summed E-state index contributed by atoms with van der Waals surface area (Å²) in [6.07, 6.45) is 6.49. The van der Waals surface area contributed by atoms with Crippen molar-refractivity contribution in [1.82, 2.24) is 9.97 Å². The molecule has 0 atom stereocenters. The highest BCUT2D eigenvalue weighted by Crippen LogP contribution is 2.34. The van der Waals surface area contributed by atoms with E-state index in [0.717, 1.165) is 25.7 Å². The molecule has 1 aliphatic carbocycles. The van der Waals surface area contributed by atoms with Crippen molar-refractivity contribution >= 4 is 38.9 Å². The van der Waals surface area contributed by atoms with Crippen LogP contribution in [0.1, 0.15) is 32.1 Å². The highest BCUT2D eigenvalue weighted by molar-refractivity contribution is 9.10. The summed E-state index contributed by atoms with van der Waals surface area (Å²) < 4.78 is 14.6. The summed E-state index contributed by atoms with van der Waals surface area (Å²) in [4.78, 5) is 19.0. The van der Waals surface area contributed by atoms with Gasteiger partial charge in [0.15, 0.2) is 0 Å². The van der Waals surface area contributed by atoms with Crippen LogP contribution in [-0.4, -0.2) is 20.9 Å². The highest BCUT2D eigenvalue weighted by atomic mass is 79.9. The lowest BCUT2D eigenvalue weighted by Gasteiger charge is -2.23. The lowest BCUT2D eigenvalue weighted by molar-refractivity contribution is -0.383. The smallest absolute Gasteiger partial charge is 0.353 e. The van der Waals surface area contributed by atoms with Gasteiger partial charge in [0, 0.05) is 10.5 Å². The molecule has 1 saturated carbocycles. The molecule has 1 aromatic heterocycles. The summed E-state index contributed by atoms with van der Waals surface area (Å²) in [5.41, 5.74) is -0.177. The van der Waals surface area contributed by atoms with E-state index in [9.17, 15) is 14.5 Å². The molecular weight excluding hydrogens is 393 g/mol. The van der Waals surface area contributed by atoms with Crippen molar-refractivity contribution in [2.45, 2.75) is 38.1 Å². The van der Waals surface area contributed by atoms with E-state index in [1.54, 1.807) is 6.07 Å². The summed E-state index contributed by atoms with van der Waals surface area (Å²) in [6.45, 7) is 0. The van der Waals surface area contributed by atoms with Crippen molar-refractivity contribution in [3.63, 3.8) is 0 Å². The van der Waals surface area contributed by atoms with E-state index in [2.05, 4.69) is 36.5 Å². The van der Waals surface area contributed by atoms with Crippen LogP contribution in [0.4, 0.5) is 27.4 Å². The van der Waals surface area contributed by atoms with Gasteiger partial charge in [-0.05, 0) is 31.0 Å². The minimum absolute atomic E-state index is 0.0421. The number of hydrogen-bond acceptors (Lipinski definition) is 6. The van der Waals surface area contributed by atoms with Crippen molar-refractivity contribution in [3.05, 3.63) is 44.9 Å². The molecular formula is C16H17BrFN5O2. The van der Waals surface area contributed by atoms with Gasteiger partial charge in [-0.3, -0.25) is 10.1 Å². The molecule has 7 nitrogen and oxygen atoms in total. The fourth-order valence-corrected chi connectivity index (χ4v) is 3.24. The molecule has 1 fully saturated rings. The average Bonchev–Trinajstić information content (AvgIpc) is 2.58. The number of benzene rings is 1. The van der Waals surface area contributed by atoms with E-state index in [4.69, 9.17) is 0 Å². The maximum atomic E-state index is 14.0. The van der Waals surface area contributed by atoms with E-state index in [-0.39, 0.29) is 29.1 Å². The normalized spacial score (nSPS) is 15.0. The van der Waals surface area contributed by atoms with E-state index in [1.165, 1.54) is 24.9 Å². The van der Waals surface area contributed by atoms with Crippen LogP contribution in [0.3, 0.4) is 0 Å². The van der Waals surface area contributed by atoms with Gasteiger partial charge in [0.25, 0.3) is 0 Å². The standard InChI is InChI=1S/C16H17BrFN5O2/c17-10-6-7-13(12(18)8-10)22-16-14(23(24)25)15(19-9-20-16)21-11-4-2-1-3-5-11/h6-9,11H,1-5H2,(H2,19,20,21,22). The molecule has 0 aliphatic heterocycles. The number of hydrogen-bond donors (Lipinski definition) is 2. The molecule has 2 aromatic rings. The second-order valence-electron chi connectivity index (χ2n) is 5.91. The van der Waals surface area contributed by atoms with Crippen molar-refractivity contribution in [2.24, 2.45) is 0 Å². The third-order valence-electron chi connectivity index (χ3n) is 4.14. The number of nitro groups is 1. The van der Waals surface area contributed by atoms with Crippen molar-refractivity contribution < 1.29 is 9.31 Å². The molecule has 0 amide bonds. The van der Waals surface area contributed by atoms with E-state index in [1.807, 2.05) is 0 Å². The molecule has 1 aliphatic rings. The predicted octanol–water partition coefficient (Wildman–Crippen LogP) is 4.77. The number of nitrogens with one attached hydrogen (secondary N) is 2. The van der Waals surface area contributed by atoms with Crippen molar-refractivity contribution in [3.8, 4) is 0 Å². The van der Waals surface area contributed by atoms with Crippen LogP contribution in [-0.2, 0) is 0 Å². The first-order chi connectivity index (χ1) is 12.0. The Morgan fingerprint density at radius 2 is 1.92 bits per heavy atom. The Kier molecular flexibility index (Phi) is 5.42. The molecule has 9 heteroatoms. The molecule has 1 aromatic carbocycles. The quantitative estimate of drug-likeness (QED) is 0.545. The minimum atomic E-state index is -0.551. The fourth-order valence-electron chi connectivity index (χ4n) is 2.91. The van der Waals surface area contributed by atoms with Gasteiger partial charge in [0.1, 0.15) is 12.1 Å². The number of halogens is 2. The number of aromatic nitrogens is 2.